The van der Waals surface area contributed by atoms with E-state index in [0.717, 1.165) is 68.8 Å². The number of ether oxygens (including phenoxy) is 1. The van der Waals surface area contributed by atoms with Crippen LogP contribution in [0.3, 0.4) is 0 Å². The molecule has 7 heteroatoms. The Hall–Kier alpha value is -2.22. The van der Waals surface area contributed by atoms with E-state index in [0.29, 0.717) is 6.04 Å². The number of aromatic nitrogens is 2. The number of rotatable bonds is 5. The van der Waals surface area contributed by atoms with Crippen LogP contribution in [0.1, 0.15) is 22.7 Å². The SMILES string of the molecule is Cc1sc2nc(CN3CCOCC3)nc(NC3CCN(c4ccccc4)C3)c2c1C. The van der Waals surface area contributed by atoms with Crippen LogP contribution in [0.2, 0.25) is 0 Å². The number of thiophene rings is 1. The molecule has 0 bridgehead atoms. The molecule has 3 aromatic rings. The first-order valence-electron chi connectivity index (χ1n) is 10.8. The average Bonchev–Trinajstić information content (AvgIpc) is 3.34. The first-order valence-corrected chi connectivity index (χ1v) is 11.6. The molecule has 2 saturated heterocycles. The zero-order valence-corrected chi connectivity index (χ0v) is 18.5. The van der Waals surface area contributed by atoms with E-state index in [4.69, 9.17) is 14.7 Å². The maximum absolute atomic E-state index is 5.49. The number of aryl methyl sites for hydroxylation is 2. The summed E-state index contributed by atoms with van der Waals surface area (Å²) in [5, 5.41) is 4.98. The van der Waals surface area contributed by atoms with Crippen molar-refractivity contribution in [2.75, 3.05) is 49.6 Å². The number of hydrogen-bond acceptors (Lipinski definition) is 7. The minimum absolute atomic E-state index is 0.388. The van der Waals surface area contributed by atoms with Crippen molar-refractivity contribution in [3.63, 3.8) is 0 Å². The lowest BCUT2D eigenvalue weighted by Crippen LogP contribution is -2.36. The third-order valence-corrected chi connectivity index (χ3v) is 7.30. The molecule has 0 saturated carbocycles. The van der Waals surface area contributed by atoms with E-state index in [2.05, 4.69) is 59.3 Å². The summed E-state index contributed by atoms with van der Waals surface area (Å²) in [5.74, 6) is 1.91. The Bertz CT molecular complexity index is 1020. The number of hydrogen-bond donors (Lipinski definition) is 1. The highest BCUT2D eigenvalue weighted by Crippen LogP contribution is 2.34. The summed E-state index contributed by atoms with van der Waals surface area (Å²) in [5.41, 5.74) is 2.60. The zero-order valence-electron chi connectivity index (χ0n) is 17.7. The largest absolute Gasteiger partial charge is 0.379 e. The van der Waals surface area contributed by atoms with Gasteiger partial charge in [0.15, 0.2) is 0 Å². The van der Waals surface area contributed by atoms with Crippen LogP contribution in [-0.2, 0) is 11.3 Å². The predicted octanol–water partition coefficient (Wildman–Crippen LogP) is 3.83. The number of nitrogens with zero attached hydrogens (tertiary/aromatic N) is 4. The molecule has 1 aromatic carbocycles. The van der Waals surface area contributed by atoms with Gasteiger partial charge in [0.2, 0.25) is 0 Å². The van der Waals surface area contributed by atoms with Crippen molar-refractivity contribution in [3.05, 3.63) is 46.6 Å². The first-order chi connectivity index (χ1) is 14.7. The summed E-state index contributed by atoms with van der Waals surface area (Å²) in [4.78, 5) is 17.2. The lowest BCUT2D eigenvalue weighted by Gasteiger charge is -2.26. The first kappa shape index (κ1) is 19.7. The molecule has 158 valence electrons. The van der Waals surface area contributed by atoms with Gasteiger partial charge in [0, 0.05) is 42.8 Å². The van der Waals surface area contributed by atoms with E-state index in [1.165, 1.54) is 21.5 Å². The van der Waals surface area contributed by atoms with Crippen molar-refractivity contribution in [2.24, 2.45) is 0 Å². The van der Waals surface area contributed by atoms with Crippen molar-refractivity contribution in [3.8, 4) is 0 Å². The Kier molecular flexibility index (Phi) is 5.58. The van der Waals surface area contributed by atoms with Crippen molar-refractivity contribution >= 4 is 33.1 Å². The van der Waals surface area contributed by atoms with Gasteiger partial charge in [0.05, 0.1) is 25.1 Å². The molecule has 5 rings (SSSR count). The van der Waals surface area contributed by atoms with Crippen molar-refractivity contribution in [2.45, 2.75) is 32.9 Å². The Morgan fingerprint density at radius 2 is 1.90 bits per heavy atom. The van der Waals surface area contributed by atoms with Crippen LogP contribution in [0, 0.1) is 13.8 Å². The molecule has 6 nitrogen and oxygen atoms in total. The molecule has 30 heavy (non-hydrogen) atoms. The number of anilines is 2. The minimum atomic E-state index is 0.388. The van der Waals surface area contributed by atoms with Crippen LogP contribution in [0.15, 0.2) is 30.3 Å². The fraction of sp³-hybridized carbons (Fsp3) is 0.478. The second-order valence-corrected chi connectivity index (χ2v) is 9.46. The van der Waals surface area contributed by atoms with Gasteiger partial charge in [0.25, 0.3) is 0 Å². The minimum Gasteiger partial charge on any atom is -0.379 e. The normalized spacial score (nSPS) is 20.2. The molecule has 2 aliphatic heterocycles. The summed E-state index contributed by atoms with van der Waals surface area (Å²) in [6.07, 6.45) is 1.11. The summed E-state index contributed by atoms with van der Waals surface area (Å²) in [6, 6.07) is 11.1. The fourth-order valence-corrected chi connectivity index (χ4v) is 5.42. The summed E-state index contributed by atoms with van der Waals surface area (Å²) >= 11 is 1.78. The van der Waals surface area contributed by atoms with Crippen LogP contribution in [0.5, 0.6) is 0 Å². The molecule has 2 fully saturated rings. The Balaban J connectivity index is 1.39. The highest BCUT2D eigenvalue weighted by Gasteiger charge is 2.25. The third-order valence-electron chi connectivity index (χ3n) is 6.19. The van der Waals surface area contributed by atoms with Crippen LogP contribution in [0.25, 0.3) is 10.2 Å². The van der Waals surface area contributed by atoms with Crippen LogP contribution >= 0.6 is 11.3 Å². The summed E-state index contributed by atoms with van der Waals surface area (Å²) in [6.45, 7) is 10.7. The number of para-hydroxylation sites is 1. The maximum atomic E-state index is 5.49. The van der Waals surface area contributed by atoms with Crippen LogP contribution < -0.4 is 10.2 Å². The molecular weight excluding hydrogens is 394 g/mol. The number of benzene rings is 1. The van der Waals surface area contributed by atoms with E-state index in [-0.39, 0.29) is 0 Å². The lowest BCUT2D eigenvalue weighted by molar-refractivity contribution is 0.0331. The predicted molar refractivity (Wildman–Crippen MR) is 124 cm³/mol. The van der Waals surface area contributed by atoms with Gasteiger partial charge in [-0.25, -0.2) is 9.97 Å². The van der Waals surface area contributed by atoms with Crippen LogP contribution in [0.4, 0.5) is 11.5 Å². The molecule has 0 radical (unpaired) electrons. The van der Waals surface area contributed by atoms with E-state index in [1.807, 2.05) is 0 Å². The molecule has 4 heterocycles. The standard InChI is InChI=1S/C23H29N5OS/c1-16-17(2)30-23-21(16)22(25-20(26-23)15-27-10-12-29-13-11-27)24-18-8-9-28(14-18)19-6-4-3-5-7-19/h3-7,18H,8-15H2,1-2H3,(H,24,25,26). The second-order valence-electron chi connectivity index (χ2n) is 8.25. The van der Waals surface area contributed by atoms with E-state index in [9.17, 15) is 0 Å². The van der Waals surface area contributed by atoms with Gasteiger partial charge < -0.3 is 15.0 Å². The molecule has 1 unspecified atom stereocenters. The molecule has 0 aliphatic carbocycles. The topological polar surface area (TPSA) is 53.5 Å². The second kappa shape index (κ2) is 8.49. The third kappa shape index (κ3) is 4.02. The Labute approximate surface area is 181 Å². The summed E-state index contributed by atoms with van der Waals surface area (Å²) < 4.78 is 5.49. The maximum Gasteiger partial charge on any atom is 0.146 e. The van der Waals surface area contributed by atoms with Gasteiger partial charge in [-0.2, -0.15) is 0 Å². The molecule has 2 aliphatic rings. The monoisotopic (exact) mass is 423 g/mol. The highest BCUT2D eigenvalue weighted by atomic mass is 32.1. The van der Waals surface area contributed by atoms with Crippen molar-refractivity contribution < 1.29 is 4.74 Å². The Morgan fingerprint density at radius 1 is 1.10 bits per heavy atom. The molecule has 1 atom stereocenters. The highest BCUT2D eigenvalue weighted by molar-refractivity contribution is 7.18. The van der Waals surface area contributed by atoms with E-state index >= 15 is 0 Å². The summed E-state index contributed by atoms with van der Waals surface area (Å²) in [7, 11) is 0. The van der Waals surface area contributed by atoms with Gasteiger partial charge in [-0.05, 0) is 38.0 Å². The lowest BCUT2D eigenvalue weighted by atomic mass is 10.2. The molecule has 0 spiro atoms. The van der Waals surface area contributed by atoms with Gasteiger partial charge in [-0.1, -0.05) is 18.2 Å². The van der Waals surface area contributed by atoms with Crippen LogP contribution in [-0.4, -0.2) is 60.3 Å². The molecule has 0 amide bonds. The zero-order chi connectivity index (χ0) is 20.5. The van der Waals surface area contributed by atoms with E-state index in [1.54, 1.807) is 11.3 Å². The Morgan fingerprint density at radius 3 is 2.70 bits per heavy atom. The van der Waals surface area contributed by atoms with Crippen molar-refractivity contribution in [1.29, 1.82) is 0 Å². The van der Waals surface area contributed by atoms with Crippen molar-refractivity contribution in [1.82, 2.24) is 14.9 Å². The average molecular weight is 424 g/mol. The number of morpholine rings is 1. The van der Waals surface area contributed by atoms with Gasteiger partial charge >= 0.3 is 0 Å². The molecule has 1 N–H and O–H groups in total. The number of fused-ring (bicyclic) bond motifs is 1. The number of nitrogens with one attached hydrogen (secondary N) is 1. The van der Waals surface area contributed by atoms with Gasteiger partial charge in [-0.15, -0.1) is 11.3 Å². The molecule has 2 aromatic heterocycles. The van der Waals surface area contributed by atoms with Gasteiger partial charge in [-0.3, -0.25) is 4.90 Å². The smallest absolute Gasteiger partial charge is 0.146 e. The molecular formula is C23H29N5OS. The quantitative estimate of drug-likeness (QED) is 0.673. The van der Waals surface area contributed by atoms with Gasteiger partial charge in [0.1, 0.15) is 16.5 Å². The van der Waals surface area contributed by atoms with E-state index < -0.39 is 0 Å². The fourth-order valence-electron chi connectivity index (χ4n) is 4.37.